The molecule has 0 aromatic heterocycles. The number of halogens is 2. The van der Waals surface area contributed by atoms with Gasteiger partial charge in [0.2, 0.25) is 15.9 Å². The standard InChI is InChI=1S/C10H10ClFN2O5S/c1-14(4-8(13)15)20(18,19)5-2-6(10(16)17)9(11)7(12)3-5/h2-3H,4H2,1H3,(H2,13,15)(H,16,17). The molecule has 0 aliphatic heterocycles. The Morgan fingerprint density at radius 2 is 2.00 bits per heavy atom. The van der Waals surface area contributed by atoms with Gasteiger partial charge in [0, 0.05) is 7.05 Å². The zero-order chi connectivity index (χ0) is 15.7. The van der Waals surface area contributed by atoms with Crippen LogP contribution in [-0.4, -0.2) is 43.3 Å². The summed E-state index contributed by atoms with van der Waals surface area (Å²) in [6.45, 7) is -0.630. The Labute approximate surface area is 118 Å². The number of hydrogen-bond acceptors (Lipinski definition) is 4. The predicted octanol–water partition coefficient (Wildman–Crippen LogP) is 0.283. The second kappa shape index (κ2) is 5.73. The molecule has 0 radical (unpaired) electrons. The molecule has 1 amide bonds. The van der Waals surface area contributed by atoms with Crippen molar-refractivity contribution in [2.24, 2.45) is 5.73 Å². The molecule has 0 spiro atoms. The number of carbonyl (C=O) groups is 2. The van der Waals surface area contributed by atoms with E-state index in [4.69, 9.17) is 22.4 Å². The van der Waals surface area contributed by atoms with E-state index in [1.807, 2.05) is 0 Å². The third kappa shape index (κ3) is 3.24. The fraction of sp³-hybridized carbons (Fsp3) is 0.200. The first-order valence-corrected chi connectivity index (χ1v) is 6.86. The number of primary amides is 1. The number of nitrogens with zero attached hydrogens (tertiary/aromatic N) is 1. The number of benzene rings is 1. The largest absolute Gasteiger partial charge is 0.478 e. The molecule has 0 atom stereocenters. The number of nitrogens with two attached hydrogens (primary N) is 1. The van der Waals surface area contributed by atoms with E-state index >= 15 is 0 Å². The molecule has 20 heavy (non-hydrogen) atoms. The average molecular weight is 325 g/mol. The van der Waals surface area contributed by atoms with Crippen LogP contribution in [0.15, 0.2) is 17.0 Å². The van der Waals surface area contributed by atoms with Gasteiger partial charge in [-0.1, -0.05) is 11.6 Å². The van der Waals surface area contributed by atoms with Crippen LogP contribution < -0.4 is 5.73 Å². The first kappa shape index (κ1) is 16.3. The lowest BCUT2D eigenvalue weighted by atomic mass is 10.2. The Balaban J connectivity index is 3.40. The molecule has 110 valence electrons. The minimum absolute atomic E-state index is 0.571. The van der Waals surface area contributed by atoms with Crippen molar-refractivity contribution in [3.05, 3.63) is 28.5 Å². The van der Waals surface area contributed by atoms with Crippen LogP contribution in [0.2, 0.25) is 5.02 Å². The van der Waals surface area contributed by atoms with E-state index < -0.39 is 49.7 Å². The van der Waals surface area contributed by atoms with Gasteiger partial charge in [0.15, 0.2) is 0 Å². The molecule has 0 fully saturated rings. The average Bonchev–Trinajstić information content (AvgIpc) is 2.30. The Hall–Kier alpha value is -1.71. The highest BCUT2D eigenvalue weighted by Gasteiger charge is 2.26. The molecular formula is C10H10ClFN2O5S. The van der Waals surface area contributed by atoms with Crippen molar-refractivity contribution >= 4 is 33.5 Å². The Bertz CT molecular complexity index is 676. The van der Waals surface area contributed by atoms with E-state index in [-0.39, 0.29) is 0 Å². The zero-order valence-corrected chi connectivity index (χ0v) is 11.7. The topological polar surface area (TPSA) is 118 Å². The summed E-state index contributed by atoms with van der Waals surface area (Å²) in [7, 11) is -3.21. The summed E-state index contributed by atoms with van der Waals surface area (Å²) < 4.78 is 38.1. The lowest BCUT2D eigenvalue weighted by molar-refractivity contribution is -0.118. The molecule has 0 bridgehead atoms. The van der Waals surface area contributed by atoms with Gasteiger partial charge in [-0.05, 0) is 12.1 Å². The number of hydrogen-bond donors (Lipinski definition) is 2. The van der Waals surface area contributed by atoms with Gasteiger partial charge in [0.1, 0.15) is 5.82 Å². The first-order chi connectivity index (χ1) is 9.07. The number of carboxylic acid groups (broad SMARTS) is 1. The van der Waals surface area contributed by atoms with Crippen molar-refractivity contribution in [2.45, 2.75) is 4.90 Å². The van der Waals surface area contributed by atoms with E-state index in [1.165, 1.54) is 0 Å². The molecule has 0 aliphatic rings. The van der Waals surface area contributed by atoms with Crippen molar-refractivity contribution in [1.29, 1.82) is 0 Å². The molecule has 0 aliphatic carbocycles. The highest BCUT2D eigenvalue weighted by atomic mass is 35.5. The smallest absolute Gasteiger partial charge is 0.337 e. The molecule has 1 aromatic carbocycles. The van der Waals surface area contributed by atoms with Crippen molar-refractivity contribution in [3.63, 3.8) is 0 Å². The van der Waals surface area contributed by atoms with Crippen LogP contribution in [-0.2, 0) is 14.8 Å². The van der Waals surface area contributed by atoms with Gasteiger partial charge in [0.25, 0.3) is 0 Å². The van der Waals surface area contributed by atoms with E-state index in [0.29, 0.717) is 16.4 Å². The summed E-state index contributed by atoms with van der Waals surface area (Å²) in [6, 6.07) is 1.28. The van der Waals surface area contributed by atoms with E-state index in [2.05, 4.69) is 0 Å². The summed E-state index contributed by atoms with van der Waals surface area (Å²) >= 11 is 5.44. The Morgan fingerprint density at radius 1 is 1.45 bits per heavy atom. The van der Waals surface area contributed by atoms with Crippen molar-refractivity contribution < 1.29 is 27.5 Å². The summed E-state index contributed by atoms with van der Waals surface area (Å²) in [6.07, 6.45) is 0. The minimum Gasteiger partial charge on any atom is -0.478 e. The number of rotatable bonds is 5. The van der Waals surface area contributed by atoms with Crippen LogP contribution in [0.5, 0.6) is 0 Å². The van der Waals surface area contributed by atoms with Crippen LogP contribution >= 0.6 is 11.6 Å². The maximum Gasteiger partial charge on any atom is 0.337 e. The normalized spacial score (nSPS) is 11.6. The van der Waals surface area contributed by atoms with Gasteiger partial charge in [0.05, 0.1) is 22.0 Å². The third-order valence-electron chi connectivity index (χ3n) is 2.32. The fourth-order valence-corrected chi connectivity index (χ4v) is 2.72. The van der Waals surface area contributed by atoms with Crippen LogP contribution in [0.4, 0.5) is 4.39 Å². The zero-order valence-electron chi connectivity index (χ0n) is 10.1. The summed E-state index contributed by atoms with van der Waals surface area (Å²) in [5.74, 6) is -3.69. The highest BCUT2D eigenvalue weighted by molar-refractivity contribution is 7.89. The van der Waals surface area contributed by atoms with Crippen LogP contribution in [0.1, 0.15) is 10.4 Å². The number of carbonyl (C=O) groups excluding carboxylic acids is 1. The molecule has 0 saturated heterocycles. The van der Waals surface area contributed by atoms with Gasteiger partial charge in [-0.3, -0.25) is 4.79 Å². The second-order valence-corrected chi connectivity index (χ2v) is 6.22. The molecule has 0 heterocycles. The monoisotopic (exact) mass is 324 g/mol. The molecule has 3 N–H and O–H groups in total. The van der Waals surface area contributed by atoms with Gasteiger partial charge in [-0.25, -0.2) is 17.6 Å². The maximum absolute atomic E-state index is 13.5. The lowest BCUT2D eigenvalue weighted by Crippen LogP contribution is -2.35. The van der Waals surface area contributed by atoms with Crippen LogP contribution in [0.3, 0.4) is 0 Å². The number of carboxylic acids is 1. The first-order valence-electron chi connectivity index (χ1n) is 5.04. The number of aromatic carboxylic acids is 1. The van der Waals surface area contributed by atoms with Crippen molar-refractivity contribution in [3.8, 4) is 0 Å². The van der Waals surface area contributed by atoms with Gasteiger partial charge < -0.3 is 10.8 Å². The molecular weight excluding hydrogens is 315 g/mol. The van der Waals surface area contributed by atoms with E-state index in [0.717, 1.165) is 7.05 Å². The quantitative estimate of drug-likeness (QED) is 0.806. The van der Waals surface area contributed by atoms with Gasteiger partial charge in [-0.15, -0.1) is 0 Å². The number of amides is 1. The van der Waals surface area contributed by atoms with E-state index in [9.17, 15) is 22.4 Å². The van der Waals surface area contributed by atoms with Crippen LogP contribution in [0, 0.1) is 5.82 Å². The van der Waals surface area contributed by atoms with Crippen LogP contribution in [0.25, 0.3) is 0 Å². The Morgan fingerprint density at radius 3 is 2.45 bits per heavy atom. The van der Waals surface area contributed by atoms with Gasteiger partial charge in [-0.2, -0.15) is 4.31 Å². The molecule has 1 rings (SSSR count). The maximum atomic E-state index is 13.5. The minimum atomic E-state index is -4.26. The van der Waals surface area contributed by atoms with E-state index in [1.54, 1.807) is 0 Å². The van der Waals surface area contributed by atoms with Crippen molar-refractivity contribution in [1.82, 2.24) is 4.31 Å². The fourth-order valence-electron chi connectivity index (χ4n) is 1.35. The number of sulfonamides is 1. The summed E-state index contributed by atoms with van der Waals surface area (Å²) in [4.78, 5) is 20.9. The SMILES string of the molecule is CN(CC(N)=O)S(=O)(=O)c1cc(F)c(Cl)c(C(=O)O)c1. The lowest BCUT2D eigenvalue weighted by Gasteiger charge is -2.16. The van der Waals surface area contributed by atoms with Gasteiger partial charge >= 0.3 is 5.97 Å². The molecule has 10 heteroatoms. The Kier molecular flexibility index (Phi) is 4.69. The molecule has 0 saturated carbocycles. The second-order valence-electron chi connectivity index (χ2n) is 3.80. The summed E-state index contributed by atoms with van der Waals surface area (Å²) in [5.41, 5.74) is 4.17. The number of likely N-dealkylation sites (N-methyl/N-ethyl adjacent to an activating group) is 1. The molecule has 7 nitrogen and oxygen atoms in total. The summed E-state index contributed by atoms with van der Waals surface area (Å²) in [5, 5.41) is 8.13. The molecule has 0 unspecified atom stereocenters. The molecule has 1 aromatic rings. The highest BCUT2D eigenvalue weighted by Crippen LogP contribution is 2.25. The van der Waals surface area contributed by atoms with Crippen molar-refractivity contribution in [2.75, 3.05) is 13.6 Å². The predicted molar refractivity (Wildman–Crippen MR) is 67.4 cm³/mol. The third-order valence-corrected chi connectivity index (χ3v) is 4.48.